The minimum Gasteiger partial charge on any atom is -0.310 e. The largest absolute Gasteiger partial charge is 0.310 e. The van der Waals surface area contributed by atoms with E-state index in [9.17, 15) is 0 Å². The molecule has 1 aromatic carbocycles. The number of fused-ring (bicyclic) bond motifs is 1. The van der Waals surface area contributed by atoms with Gasteiger partial charge in [0.05, 0.1) is 5.69 Å². The summed E-state index contributed by atoms with van der Waals surface area (Å²) in [4.78, 5) is 0. The van der Waals surface area contributed by atoms with Gasteiger partial charge in [-0.2, -0.15) is 0 Å². The lowest BCUT2D eigenvalue weighted by Crippen LogP contribution is -2.36. The van der Waals surface area contributed by atoms with Crippen molar-refractivity contribution in [3.05, 3.63) is 42.0 Å². The predicted molar refractivity (Wildman–Crippen MR) is 60.2 cm³/mol. The highest BCUT2D eigenvalue weighted by atomic mass is 15.4. The van der Waals surface area contributed by atoms with Crippen LogP contribution >= 0.6 is 0 Å². The van der Waals surface area contributed by atoms with Gasteiger partial charge >= 0.3 is 0 Å². The molecule has 0 atom stereocenters. The summed E-state index contributed by atoms with van der Waals surface area (Å²) in [6, 6.07) is 6.41. The lowest BCUT2D eigenvalue weighted by molar-refractivity contribution is 0.709. The minimum absolute atomic E-state index is 0.900. The molecule has 0 bridgehead atoms. The molecule has 0 saturated carbocycles. The third kappa shape index (κ3) is 1.53. The number of nitrogens with zero attached hydrogens (tertiary/aromatic N) is 1. The molecule has 1 aliphatic rings. The first-order valence-electron chi connectivity index (χ1n) is 5.07. The summed E-state index contributed by atoms with van der Waals surface area (Å²) in [5.74, 6) is 5.98. The van der Waals surface area contributed by atoms with Gasteiger partial charge in [-0.3, -0.25) is 0 Å². The predicted octanol–water partition coefficient (Wildman–Crippen LogP) is 2.04. The van der Waals surface area contributed by atoms with Crippen LogP contribution in [-0.2, 0) is 12.8 Å². The molecule has 0 aliphatic carbocycles. The Balaban J connectivity index is 2.46. The normalized spacial score (nSPS) is 15.1. The van der Waals surface area contributed by atoms with Crippen LogP contribution in [0.5, 0.6) is 0 Å². The summed E-state index contributed by atoms with van der Waals surface area (Å²) in [6.45, 7) is 4.73. The molecule has 0 aromatic heterocycles. The van der Waals surface area contributed by atoms with E-state index in [2.05, 4.69) is 24.8 Å². The van der Waals surface area contributed by atoms with Crippen molar-refractivity contribution in [2.45, 2.75) is 19.3 Å². The zero-order valence-corrected chi connectivity index (χ0v) is 8.37. The van der Waals surface area contributed by atoms with Crippen LogP contribution in [-0.4, -0.2) is 6.54 Å². The molecule has 0 fully saturated rings. The molecule has 0 spiro atoms. The Bertz CT molecular complexity index is 344. The number of hydrogen-bond donors (Lipinski definition) is 1. The molecule has 0 unspecified atom stereocenters. The van der Waals surface area contributed by atoms with Gasteiger partial charge in [-0.15, -0.1) is 6.58 Å². The van der Waals surface area contributed by atoms with Crippen molar-refractivity contribution >= 4 is 5.69 Å². The number of para-hydroxylation sites is 1. The summed E-state index contributed by atoms with van der Waals surface area (Å²) in [6.07, 6.45) is 5.13. The number of nitrogens with two attached hydrogens (primary N) is 1. The van der Waals surface area contributed by atoms with E-state index in [1.165, 1.54) is 16.8 Å². The maximum Gasteiger partial charge on any atom is 0.0584 e. The molecule has 2 N–H and O–H groups in total. The Morgan fingerprint density at radius 2 is 2.36 bits per heavy atom. The standard InChI is InChI=1S/C12H16N2/c1-2-5-10-6-3-7-11-8-4-9-14(13)12(10)11/h2-3,6-7H,1,4-5,8-9,13H2. The molecule has 0 radical (unpaired) electrons. The average molecular weight is 188 g/mol. The lowest BCUT2D eigenvalue weighted by atomic mass is 9.97. The van der Waals surface area contributed by atoms with Crippen molar-refractivity contribution in [3.8, 4) is 0 Å². The maximum atomic E-state index is 5.98. The lowest BCUT2D eigenvalue weighted by Gasteiger charge is -2.29. The van der Waals surface area contributed by atoms with Crippen molar-refractivity contribution in [1.29, 1.82) is 0 Å². The second kappa shape index (κ2) is 3.84. The minimum atomic E-state index is 0.900. The quantitative estimate of drug-likeness (QED) is 0.568. The van der Waals surface area contributed by atoms with Crippen molar-refractivity contribution in [2.24, 2.45) is 5.84 Å². The number of rotatable bonds is 2. The third-order valence-electron chi connectivity index (χ3n) is 2.70. The SMILES string of the molecule is C=CCc1cccc2c1N(N)CCC2. The summed E-state index contributed by atoms with van der Waals surface area (Å²) < 4.78 is 0. The molecule has 14 heavy (non-hydrogen) atoms. The molecule has 1 aromatic rings. The van der Waals surface area contributed by atoms with Gasteiger partial charge in [-0.1, -0.05) is 24.3 Å². The maximum absolute atomic E-state index is 5.98. The third-order valence-corrected chi connectivity index (χ3v) is 2.70. The number of hydrogen-bond acceptors (Lipinski definition) is 2. The van der Waals surface area contributed by atoms with Crippen molar-refractivity contribution in [2.75, 3.05) is 11.6 Å². The van der Waals surface area contributed by atoms with E-state index in [0.717, 1.165) is 25.8 Å². The fourth-order valence-electron chi connectivity index (χ4n) is 2.09. The van der Waals surface area contributed by atoms with E-state index in [1.807, 2.05) is 11.1 Å². The molecule has 2 nitrogen and oxygen atoms in total. The van der Waals surface area contributed by atoms with E-state index < -0.39 is 0 Å². The van der Waals surface area contributed by atoms with Gasteiger partial charge in [-0.05, 0) is 30.4 Å². The van der Waals surface area contributed by atoms with Crippen LogP contribution in [0.2, 0.25) is 0 Å². The number of benzene rings is 1. The molecule has 74 valence electrons. The number of hydrazine groups is 1. The first-order valence-corrected chi connectivity index (χ1v) is 5.07. The number of allylic oxidation sites excluding steroid dienone is 1. The highest BCUT2D eigenvalue weighted by Crippen LogP contribution is 2.29. The Morgan fingerprint density at radius 1 is 1.50 bits per heavy atom. The van der Waals surface area contributed by atoms with Crippen LogP contribution < -0.4 is 10.9 Å². The van der Waals surface area contributed by atoms with Gasteiger partial charge < -0.3 is 5.01 Å². The average Bonchev–Trinajstić information content (AvgIpc) is 2.19. The second-order valence-corrected chi connectivity index (χ2v) is 3.71. The first kappa shape index (κ1) is 9.28. The zero-order valence-electron chi connectivity index (χ0n) is 8.37. The van der Waals surface area contributed by atoms with Gasteiger partial charge in [0.25, 0.3) is 0 Å². The second-order valence-electron chi connectivity index (χ2n) is 3.71. The number of anilines is 1. The monoisotopic (exact) mass is 188 g/mol. The van der Waals surface area contributed by atoms with E-state index >= 15 is 0 Å². The van der Waals surface area contributed by atoms with Crippen LogP contribution in [0.4, 0.5) is 5.69 Å². The fourth-order valence-corrected chi connectivity index (χ4v) is 2.09. The van der Waals surface area contributed by atoms with Crippen LogP contribution in [0.1, 0.15) is 17.5 Å². The van der Waals surface area contributed by atoms with Gasteiger partial charge in [0, 0.05) is 6.54 Å². The summed E-state index contributed by atoms with van der Waals surface area (Å²) in [5.41, 5.74) is 3.89. The Kier molecular flexibility index (Phi) is 2.55. The van der Waals surface area contributed by atoms with Gasteiger partial charge in [0.1, 0.15) is 0 Å². The molecular formula is C12H16N2. The van der Waals surface area contributed by atoms with Gasteiger partial charge in [0.15, 0.2) is 0 Å². The smallest absolute Gasteiger partial charge is 0.0584 e. The fraction of sp³-hybridized carbons (Fsp3) is 0.333. The highest BCUT2D eigenvalue weighted by Gasteiger charge is 2.16. The van der Waals surface area contributed by atoms with Crippen LogP contribution in [0.15, 0.2) is 30.9 Å². The zero-order chi connectivity index (χ0) is 9.97. The molecule has 2 rings (SSSR count). The van der Waals surface area contributed by atoms with Crippen molar-refractivity contribution in [1.82, 2.24) is 0 Å². The van der Waals surface area contributed by atoms with Gasteiger partial charge in [0.2, 0.25) is 0 Å². The molecule has 0 amide bonds. The molecule has 2 heteroatoms. The van der Waals surface area contributed by atoms with E-state index in [1.54, 1.807) is 0 Å². The van der Waals surface area contributed by atoms with E-state index in [0.29, 0.717) is 0 Å². The molecular weight excluding hydrogens is 172 g/mol. The van der Waals surface area contributed by atoms with Crippen molar-refractivity contribution in [3.63, 3.8) is 0 Å². The van der Waals surface area contributed by atoms with Gasteiger partial charge in [-0.25, -0.2) is 5.84 Å². The Labute approximate surface area is 85.0 Å². The van der Waals surface area contributed by atoms with Crippen LogP contribution in [0.3, 0.4) is 0 Å². The Hall–Kier alpha value is -1.28. The van der Waals surface area contributed by atoms with Crippen LogP contribution in [0, 0.1) is 0 Å². The van der Waals surface area contributed by atoms with Crippen molar-refractivity contribution < 1.29 is 0 Å². The Morgan fingerprint density at radius 3 is 3.14 bits per heavy atom. The highest BCUT2D eigenvalue weighted by molar-refractivity contribution is 5.60. The summed E-state index contributed by atoms with van der Waals surface area (Å²) >= 11 is 0. The molecule has 0 saturated heterocycles. The molecule has 1 heterocycles. The first-order chi connectivity index (χ1) is 6.83. The van der Waals surface area contributed by atoms with E-state index in [-0.39, 0.29) is 0 Å². The summed E-state index contributed by atoms with van der Waals surface area (Å²) in [5, 5.41) is 1.87. The topological polar surface area (TPSA) is 29.3 Å². The molecule has 1 aliphatic heterocycles. The number of aryl methyl sites for hydroxylation is 1. The van der Waals surface area contributed by atoms with E-state index in [4.69, 9.17) is 5.84 Å². The summed E-state index contributed by atoms with van der Waals surface area (Å²) in [7, 11) is 0. The van der Waals surface area contributed by atoms with Crippen LogP contribution in [0.25, 0.3) is 0 Å².